The Morgan fingerprint density at radius 2 is 2.10 bits per heavy atom. The van der Waals surface area contributed by atoms with Crippen LogP contribution < -0.4 is 0 Å². The van der Waals surface area contributed by atoms with Crippen LogP contribution in [0.15, 0.2) is 18.2 Å². The van der Waals surface area contributed by atoms with Crippen LogP contribution in [-0.4, -0.2) is 47.9 Å². The van der Waals surface area contributed by atoms with Gasteiger partial charge in [0, 0.05) is 31.2 Å². The van der Waals surface area contributed by atoms with Gasteiger partial charge >= 0.3 is 0 Å². The van der Waals surface area contributed by atoms with Gasteiger partial charge in [0.1, 0.15) is 0 Å². The lowest BCUT2D eigenvalue weighted by Crippen LogP contribution is -2.43. The molecule has 2 heterocycles. The van der Waals surface area contributed by atoms with Crippen molar-refractivity contribution in [2.45, 2.75) is 39.2 Å². The largest absolute Gasteiger partial charge is 0.337 e. The molecular formula is C17H24N2O. The molecule has 3 heteroatoms. The van der Waals surface area contributed by atoms with Crippen molar-refractivity contribution >= 4 is 5.91 Å². The third-order valence-electron chi connectivity index (χ3n) is 4.78. The fraction of sp³-hybridized carbons (Fsp3) is 0.588. The normalized spacial score (nSPS) is 23.2. The van der Waals surface area contributed by atoms with Crippen molar-refractivity contribution in [2.75, 3.05) is 26.2 Å². The summed E-state index contributed by atoms with van der Waals surface area (Å²) in [5.41, 5.74) is 3.38. The molecule has 0 bridgehead atoms. The van der Waals surface area contributed by atoms with Crippen molar-refractivity contribution in [1.82, 2.24) is 9.80 Å². The molecule has 1 saturated heterocycles. The van der Waals surface area contributed by atoms with E-state index >= 15 is 0 Å². The second kappa shape index (κ2) is 5.57. The maximum atomic E-state index is 12.5. The Labute approximate surface area is 121 Å². The molecule has 1 atom stereocenters. The monoisotopic (exact) mass is 272 g/mol. The number of amides is 1. The molecular weight excluding hydrogens is 248 g/mol. The van der Waals surface area contributed by atoms with Gasteiger partial charge in [0.25, 0.3) is 5.91 Å². The smallest absolute Gasteiger partial charge is 0.254 e. The average molecular weight is 272 g/mol. The van der Waals surface area contributed by atoms with Gasteiger partial charge in [-0.25, -0.2) is 0 Å². The van der Waals surface area contributed by atoms with Gasteiger partial charge in [-0.3, -0.25) is 9.69 Å². The Hall–Kier alpha value is -1.35. The summed E-state index contributed by atoms with van der Waals surface area (Å²) in [6, 6.07) is 6.89. The molecule has 1 amide bonds. The number of fused-ring (bicyclic) bond motifs is 1. The molecule has 108 valence electrons. The second-order valence-electron chi connectivity index (χ2n) is 6.23. The molecule has 0 saturated carbocycles. The molecule has 0 aliphatic carbocycles. The van der Waals surface area contributed by atoms with Crippen molar-refractivity contribution in [1.29, 1.82) is 0 Å². The SMILES string of the molecule is Cc1ccc2c(c1)CCN(CCN1CCC[C@H]1C)C2=O. The van der Waals surface area contributed by atoms with E-state index in [0.29, 0.717) is 6.04 Å². The first-order chi connectivity index (χ1) is 9.65. The zero-order chi connectivity index (χ0) is 14.1. The minimum atomic E-state index is 0.220. The number of likely N-dealkylation sites (tertiary alicyclic amines) is 1. The fourth-order valence-electron chi connectivity index (χ4n) is 3.45. The molecule has 0 radical (unpaired) electrons. The highest BCUT2D eigenvalue weighted by molar-refractivity contribution is 5.96. The van der Waals surface area contributed by atoms with E-state index in [2.05, 4.69) is 24.8 Å². The topological polar surface area (TPSA) is 23.6 Å². The lowest BCUT2D eigenvalue weighted by atomic mass is 9.97. The summed E-state index contributed by atoms with van der Waals surface area (Å²) in [7, 11) is 0. The average Bonchev–Trinajstić information content (AvgIpc) is 2.83. The molecule has 0 unspecified atom stereocenters. The quantitative estimate of drug-likeness (QED) is 0.844. The maximum absolute atomic E-state index is 12.5. The van der Waals surface area contributed by atoms with Crippen molar-refractivity contribution in [3.8, 4) is 0 Å². The van der Waals surface area contributed by atoms with Gasteiger partial charge in [-0.1, -0.05) is 17.7 Å². The molecule has 2 aliphatic heterocycles. The Kier molecular flexibility index (Phi) is 3.79. The summed E-state index contributed by atoms with van der Waals surface area (Å²) in [5, 5.41) is 0. The Morgan fingerprint density at radius 3 is 2.85 bits per heavy atom. The van der Waals surface area contributed by atoms with Gasteiger partial charge in [-0.2, -0.15) is 0 Å². The highest BCUT2D eigenvalue weighted by Crippen LogP contribution is 2.21. The summed E-state index contributed by atoms with van der Waals surface area (Å²) in [4.78, 5) is 17.1. The number of nitrogens with zero attached hydrogens (tertiary/aromatic N) is 2. The fourth-order valence-corrected chi connectivity index (χ4v) is 3.45. The predicted molar refractivity (Wildman–Crippen MR) is 81.1 cm³/mol. The Bertz CT molecular complexity index is 512. The van der Waals surface area contributed by atoms with Crippen LogP contribution in [0.25, 0.3) is 0 Å². The zero-order valence-corrected chi connectivity index (χ0v) is 12.6. The van der Waals surface area contributed by atoms with Gasteiger partial charge in [-0.15, -0.1) is 0 Å². The minimum absolute atomic E-state index is 0.220. The highest BCUT2D eigenvalue weighted by Gasteiger charge is 2.26. The number of hydrogen-bond donors (Lipinski definition) is 0. The van der Waals surface area contributed by atoms with Gasteiger partial charge in [0.05, 0.1) is 0 Å². The van der Waals surface area contributed by atoms with Gasteiger partial charge in [-0.05, 0) is 51.3 Å². The summed E-state index contributed by atoms with van der Waals surface area (Å²) in [6.45, 7) is 8.34. The molecule has 1 fully saturated rings. The van der Waals surface area contributed by atoms with E-state index in [1.54, 1.807) is 0 Å². The number of hydrogen-bond acceptors (Lipinski definition) is 2. The van der Waals surface area contributed by atoms with Crippen LogP contribution in [0.3, 0.4) is 0 Å². The molecule has 1 aromatic rings. The first kappa shape index (κ1) is 13.6. The Balaban J connectivity index is 1.65. The Morgan fingerprint density at radius 1 is 1.25 bits per heavy atom. The first-order valence-corrected chi connectivity index (χ1v) is 7.78. The van der Waals surface area contributed by atoms with Crippen LogP contribution in [0.4, 0.5) is 0 Å². The summed E-state index contributed by atoms with van der Waals surface area (Å²) >= 11 is 0. The zero-order valence-electron chi connectivity index (χ0n) is 12.6. The number of rotatable bonds is 3. The molecule has 3 rings (SSSR count). The van der Waals surface area contributed by atoms with E-state index in [1.807, 2.05) is 17.0 Å². The molecule has 20 heavy (non-hydrogen) atoms. The number of benzene rings is 1. The molecule has 2 aliphatic rings. The third kappa shape index (κ3) is 2.59. The van der Waals surface area contributed by atoms with Crippen LogP contribution in [0.2, 0.25) is 0 Å². The van der Waals surface area contributed by atoms with E-state index in [9.17, 15) is 4.79 Å². The first-order valence-electron chi connectivity index (χ1n) is 7.78. The maximum Gasteiger partial charge on any atom is 0.254 e. The summed E-state index contributed by atoms with van der Waals surface area (Å²) in [6.07, 6.45) is 3.60. The number of carbonyl (C=O) groups is 1. The molecule has 0 aromatic heterocycles. The van der Waals surface area contributed by atoms with Crippen molar-refractivity contribution in [3.05, 3.63) is 34.9 Å². The number of aryl methyl sites for hydroxylation is 1. The van der Waals surface area contributed by atoms with Gasteiger partial charge < -0.3 is 4.90 Å². The minimum Gasteiger partial charge on any atom is -0.337 e. The lowest BCUT2D eigenvalue weighted by Gasteiger charge is -2.31. The van der Waals surface area contributed by atoms with Crippen LogP contribution in [0.1, 0.15) is 41.3 Å². The van der Waals surface area contributed by atoms with Crippen LogP contribution in [0, 0.1) is 6.92 Å². The molecule has 0 spiro atoms. The summed E-state index contributed by atoms with van der Waals surface area (Å²) < 4.78 is 0. The van der Waals surface area contributed by atoms with Gasteiger partial charge in [0.15, 0.2) is 0 Å². The summed E-state index contributed by atoms with van der Waals surface area (Å²) in [5.74, 6) is 0.220. The van der Waals surface area contributed by atoms with Crippen LogP contribution in [-0.2, 0) is 6.42 Å². The standard InChI is InChI=1S/C17H24N2O/c1-13-5-6-16-15(12-13)7-9-19(17(16)20)11-10-18-8-3-4-14(18)2/h5-6,12,14H,3-4,7-11H2,1-2H3/t14-/m1/s1. The van der Waals surface area contributed by atoms with E-state index < -0.39 is 0 Å². The number of carbonyl (C=O) groups excluding carboxylic acids is 1. The van der Waals surface area contributed by atoms with Crippen molar-refractivity contribution < 1.29 is 4.79 Å². The molecule has 0 N–H and O–H groups in total. The second-order valence-corrected chi connectivity index (χ2v) is 6.23. The molecule has 3 nitrogen and oxygen atoms in total. The van der Waals surface area contributed by atoms with E-state index in [-0.39, 0.29) is 5.91 Å². The molecule has 1 aromatic carbocycles. The lowest BCUT2D eigenvalue weighted by molar-refractivity contribution is 0.0717. The third-order valence-corrected chi connectivity index (χ3v) is 4.78. The predicted octanol–water partition coefficient (Wildman–Crippen LogP) is 2.48. The van der Waals surface area contributed by atoms with Crippen molar-refractivity contribution in [2.24, 2.45) is 0 Å². The van der Waals surface area contributed by atoms with E-state index in [0.717, 1.165) is 31.6 Å². The van der Waals surface area contributed by atoms with E-state index in [4.69, 9.17) is 0 Å². The van der Waals surface area contributed by atoms with Crippen LogP contribution >= 0.6 is 0 Å². The van der Waals surface area contributed by atoms with Crippen LogP contribution in [0.5, 0.6) is 0 Å². The van der Waals surface area contributed by atoms with Gasteiger partial charge in [0.2, 0.25) is 0 Å². The highest BCUT2D eigenvalue weighted by atomic mass is 16.2. The van der Waals surface area contributed by atoms with Crippen molar-refractivity contribution in [3.63, 3.8) is 0 Å². The van der Waals surface area contributed by atoms with E-state index in [1.165, 1.54) is 30.5 Å².